The molecule has 1 rings (SSSR count). The second-order valence-electron chi connectivity index (χ2n) is 4.74. The molecule has 0 bridgehead atoms. The summed E-state index contributed by atoms with van der Waals surface area (Å²) >= 11 is 0. The molecular weight excluding hydrogens is 152 g/mol. The molecule has 0 radical (unpaired) electrons. The molecule has 2 nitrogen and oxygen atoms in total. The standard InChI is InChI=1S/C10H18O2/c1-9(2,3)8(11)7-10(12-4)5-6-10/h5-7H2,1-4H3. The van der Waals surface area contributed by atoms with Crippen LogP contribution in [-0.2, 0) is 9.53 Å². The van der Waals surface area contributed by atoms with E-state index in [-0.39, 0.29) is 11.0 Å². The Hall–Kier alpha value is -0.370. The Kier molecular flexibility index (Phi) is 2.30. The van der Waals surface area contributed by atoms with E-state index in [9.17, 15) is 4.79 Å². The Balaban J connectivity index is 2.47. The molecule has 0 aromatic carbocycles. The minimum absolute atomic E-state index is 0.0790. The number of rotatable bonds is 3. The molecule has 0 unspecified atom stereocenters. The Morgan fingerprint density at radius 3 is 2.17 bits per heavy atom. The van der Waals surface area contributed by atoms with Crippen molar-refractivity contribution in [2.24, 2.45) is 5.41 Å². The summed E-state index contributed by atoms with van der Waals surface area (Å²) in [4.78, 5) is 11.6. The van der Waals surface area contributed by atoms with Crippen molar-refractivity contribution in [1.29, 1.82) is 0 Å². The molecule has 0 aromatic heterocycles. The lowest BCUT2D eigenvalue weighted by molar-refractivity contribution is -0.129. The van der Waals surface area contributed by atoms with E-state index >= 15 is 0 Å². The molecule has 12 heavy (non-hydrogen) atoms. The van der Waals surface area contributed by atoms with E-state index in [4.69, 9.17) is 4.74 Å². The van der Waals surface area contributed by atoms with Crippen LogP contribution in [0.1, 0.15) is 40.0 Å². The van der Waals surface area contributed by atoms with Crippen LogP contribution in [0.15, 0.2) is 0 Å². The van der Waals surface area contributed by atoms with Gasteiger partial charge < -0.3 is 4.74 Å². The van der Waals surface area contributed by atoms with Crippen molar-refractivity contribution in [3.63, 3.8) is 0 Å². The number of methoxy groups -OCH3 is 1. The van der Waals surface area contributed by atoms with Gasteiger partial charge in [-0.15, -0.1) is 0 Å². The van der Waals surface area contributed by atoms with Crippen LogP contribution in [0.5, 0.6) is 0 Å². The van der Waals surface area contributed by atoms with E-state index in [0.717, 1.165) is 12.8 Å². The molecule has 1 aliphatic rings. The summed E-state index contributed by atoms with van der Waals surface area (Å²) in [6.45, 7) is 5.88. The van der Waals surface area contributed by atoms with Crippen LogP contribution in [-0.4, -0.2) is 18.5 Å². The first-order valence-corrected chi connectivity index (χ1v) is 4.48. The van der Waals surface area contributed by atoms with E-state index in [1.54, 1.807) is 7.11 Å². The number of hydrogen-bond acceptors (Lipinski definition) is 2. The summed E-state index contributed by atoms with van der Waals surface area (Å²) in [5, 5.41) is 0. The zero-order valence-electron chi connectivity index (χ0n) is 8.44. The van der Waals surface area contributed by atoms with Gasteiger partial charge in [0.1, 0.15) is 5.78 Å². The minimum atomic E-state index is -0.214. The third-order valence-corrected chi connectivity index (χ3v) is 2.56. The maximum atomic E-state index is 11.6. The summed E-state index contributed by atoms with van der Waals surface area (Å²) in [6, 6.07) is 0. The second kappa shape index (κ2) is 2.84. The van der Waals surface area contributed by atoms with Crippen molar-refractivity contribution in [2.45, 2.75) is 45.6 Å². The predicted octanol–water partition coefficient (Wildman–Crippen LogP) is 2.17. The third-order valence-electron chi connectivity index (χ3n) is 2.56. The topological polar surface area (TPSA) is 26.3 Å². The van der Waals surface area contributed by atoms with Gasteiger partial charge in [-0.05, 0) is 12.8 Å². The molecule has 0 aromatic rings. The molecule has 70 valence electrons. The van der Waals surface area contributed by atoms with E-state index in [1.165, 1.54) is 0 Å². The maximum Gasteiger partial charge on any atom is 0.141 e. The fourth-order valence-electron chi connectivity index (χ4n) is 1.15. The first-order chi connectivity index (χ1) is 5.40. The number of Topliss-reactive ketones (excluding diaryl/α,β-unsaturated/α-hetero) is 1. The highest BCUT2D eigenvalue weighted by atomic mass is 16.5. The number of carbonyl (C=O) groups is 1. The van der Waals surface area contributed by atoms with Gasteiger partial charge in [0.25, 0.3) is 0 Å². The Bertz CT molecular complexity index is 185. The lowest BCUT2D eigenvalue weighted by Gasteiger charge is -2.20. The summed E-state index contributed by atoms with van der Waals surface area (Å²) in [6.07, 6.45) is 2.68. The predicted molar refractivity (Wildman–Crippen MR) is 48.1 cm³/mol. The van der Waals surface area contributed by atoms with Crippen molar-refractivity contribution >= 4 is 5.78 Å². The van der Waals surface area contributed by atoms with Crippen molar-refractivity contribution in [3.05, 3.63) is 0 Å². The number of hydrogen-bond donors (Lipinski definition) is 0. The Morgan fingerprint density at radius 1 is 1.42 bits per heavy atom. The number of carbonyl (C=O) groups excluding carboxylic acids is 1. The average Bonchev–Trinajstić information content (AvgIpc) is 2.67. The van der Waals surface area contributed by atoms with Crippen molar-refractivity contribution in [1.82, 2.24) is 0 Å². The highest BCUT2D eigenvalue weighted by Gasteiger charge is 2.46. The molecule has 0 amide bonds. The quantitative estimate of drug-likeness (QED) is 0.649. The number of ketones is 1. The van der Waals surface area contributed by atoms with Crippen LogP contribution < -0.4 is 0 Å². The van der Waals surface area contributed by atoms with Crippen LogP contribution in [0.4, 0.5) is 0 Å². The molecule has 0 heterocycles. The van der Waals surface area contributed by atoms with Gasteiger partial charge in [-0.25, -0.2) is 0 Å². The maximum absolute atomic E-state index is 11.6. The Morgan fingerprint density at radius 2 is 1.92 bits per heavy atom. The largest absolute Gasteiger partial charge is 0.378 e. The SMILES string of the molecule is COC1(CC(=O)C(C)(C)C)CC1. The van der Waals surface area contributed by atoms with Crippen LogP contribution in [0.3, 0.4) is 0 Å². The molecule has 0 atom stereocenters. The van der Waals surface area contributed by atoms with Crippen LogP contribution in [0, 0.1) is 5.41 Å². The van der Waals surface area contributed by atoms with Gasteiger partial charge in [0.15, 0.2) is 0 Å². The molecule has 1 aliphatic carbocycles. The lowest BCUT2D eigenvalue weighted by atomic mass is 9.87. The highest BCUT2D eigenvalue weighted by molar-refractivity contribution is 5.84. The highest BCUT2D eigenvalue weighted by Crippen LogP contribution is 2.43. The molecular formula is C10H18O2. The fourth-order valence-corrected chi connectivity index (χ4v) is 1.15. The van der Waals surface area contributed by atoms with Crippen molar-refractivity contribution < 1.29 is 9.53 Å². The van der Waals surface area contributed by atoms with Gasteiger partial charge in [0.05, 0.1) is 5.60 Å². The van der Waals surface area contributed by atoms with E-state index in [2.05, 4.69) is 0 Å². The van der Waals surface area contributed by atoms with Gasteiger partial charge in [-0.2, -0.15) is 0 Å². The van der Waals surface area contributed by atoms with Gasteiger partial charge in [-0.1, -0.05) is 20.8 Å². The zero-order valence-corrected chi connectivity index (χ0v) is 8.44. The summed E-state index contributed by atoms with van der Waals surface area (Å²) in [5.74, 6) is 0.307. The first-order valence-electron chi connectivity index (χ1n) is 4.48. The second-order valence-corrected chi connectivity index (χ2v) is 4.74. The average molecular weight is 170 g/mol. The lowest BCUT2D eigenvalue weighted by Crippen LogP contribution is -2.27. The number of ether oxygens (including phenoxy) is 1. The Labute approximate surface area is 74.3 Å². The van der Waals surface area contributed by atoms with Gasteiger partial charge in [-0.3, -0.25) is 4.79 Å². The normalized spacial score (nSPS) is 20.7. The summed E-state index contributed by atoms with van der Waals surface area (Å²) in [7, 11) is 1.70. The van der Waals surface area contributed by atoms with E-state index in [1.807, 2.05) is 20.8 Å². The zero-order chi connectivity index (χ0) is 9.41. The first kappa shape index (κ1) is 9.72. The monoisotopic (exact) mass is 170 g/mol. The fraction of sp³-hybridized carbons (Fsp3) is 0.900. The van der Waals surface area contributed by atoms with Gasteiger partial charge >= 0.3 is 0 Å². The van der Waals surface area contributed by atoms with Crippen LogP contribution in [0.2, 0.25) is 0 Å². The molecule has 0 saturated heterocycles. The van der Waals surface area contributed by atoms with Crippen molar-refractivity contribution in [2.75, 3.05) is 7.11 Å². The molecule has 0 aliphatic heterocycles. The molecule has 0 spiro atoms. The molecule has 1 saturated carbocycles. The molecule has 2 heteroatoms. The van der Waals surface area contributed by atoms with Gasteiger partial charge in [0, 0.05) is 18.9 Å². The third kappa shape index (κ3) is 2.07. The summed E-state index contributed by atoms with van der Waals surface area (Å²) in [5.41, 5.74) is -0.293. The van der Waals surface area contributed by atoms with Gasteiger partial charge in [0.2, 0.25) is 0 Å². The van der Waals surface area contributed by atoms with Crippen molar-refractivity contribution in [3.8, 4) is 0 Å². The smallest absolute Gasteiger partial charge is 0.141 e. The molecule has 0 N–H and O–H groups in total. The summed E-state index contributed by atoms with van der Waals surface area (Å²) < 4.78 is 5.29. The van der Waals surface area contributed by atoms with Crippen LogP contribution >= 0.6 is 0 Å². The minimum Gasteiger partial charge on any atom is -0.378 e. The van der Waals surface area contributed by atoms with E-state index < -0.39 is 0 Å². The van der Waals surface area contributed by atoms with E-state index in [0.29, 0.717) is 12.2 Å². The molecule has 1 fully saturated rings. The van der Waals surface area contributed by atoms with Crippen LogP contribution in [0.25, 0.3) is 0 Å².